The average Bonchev–Trinajstić information content (AvgIpc) is 2.99. The first kappa shape index (κ1) is 19.6. The first-order chi connectivity index (χ1) is 12.5. The number of nitrogens with one attached hydrogen (secondary N) is 1. The second-order valence-electron chi connectivity index (χ2n) is 7.76. The molecule has 2 aliphatic rings. The van der Waals surface area contributed by atoms with E-state index in [2.05, 4.69) is 29.2 Å². The highest BCUT2D eigenvalue weighted by molar-refractivity contribution is 6.31. The summed E-state index contributed by atoms with van der Waals surface area (Å²) < 4.78 is 5.50. The molecule has 0 aromatic heterocycles. The third-order valence-electron chi connectivity index (χ3n) is 5.43. The van der Waals surface area contributed by atoms with E-state index in [0.717, 1.165) is 51.3 Å². The second-order valence-corrected chi connectivity index (χ2v) is 8.17. The van der Waals surface area contributed by atoms with Gasteiger partial charge in [0.2, 0.25) is 5.91 Å². The summed E-state index contributed by atoms with van der Waals surface area (Å²) in [7, 11) is 4.19. The number of amides is 1. The van der Waals surface area contributed by atoms with Crippen LogP contribution in [0, 0.1) is 5.92 Å². The van der Waals surface area contributed by atoms with Crippen LogP contribution in [0.1, 0.15) is 18.4 Å². The Labute approximate surface area is 161 Å². The number of likely N-dealkylation sites (tertiary alicyclic amines) is 1. The number of halogens is 1. The predicted octanol–water partition coefficient (Wildman–Crippen LogP) is 2.04. The van der Waals surface area contributed by atoms with Gasteiger partial charge in [0, 0.05) is 55.9 Å². The van der Waals surface area contributed by atoms with E-state index in [9.17, 15) is 4.79 Å². The molecule has 1 aromatic rings. The van der Waals surface area contributed by atoms with Gasteiger partial charge in [-0.15, -0.1) is 0 Å². The Balaban J connectivity index is 1.61. The Morgan fingerprint density at radius 3 is 2.69 bits per heavy atom. The molecule has 1 amide bonds. The molecule has 1 aromatic carbocycles. The van der Waals surface area contributed by atoms with Gasteiger partial charge < -0.3 is 15.0 Å². The SMILES string of the molecule is CN(C)C[C@@H]1CN(C2CCOCC2)C[C@H]1NC(=O)Cc1ccccc1Cl. The molecule has 0 spiro atoms. The van der Waals surface area contributed by atoms with Gasteiger partial charge in [-0.05, 0) is 38.6 Å². The van der Waals surface area contributed by atoms with Gasteiger partial charge in [0.1, 0.15) is 0 Å². The fourth-order valence-corrected chi connectivity index (χ4v) is 4.35. The number of carbonyl (C=O) groups is 1. The van der Waals surface area contributed by atoms with Crippen molar-refractivity contribution >= 4 is 17.5 Å². The highest BCUT2D eigenvalue weighted by Crippen LogP contribution is 2.25. The van der Waals surface area contributed by atoms with E-state index in [-0.39, 0.29) is 11.9 Å². The molecule has 2 saturated heterocycles. The largest absolute Gasteiger partial charge is 0.381 e. The van der Waals surface area contributed by atoms with E-state index in [1.807, 2.05) is 24.3 Å². The van der Waals surface area contributed by atoms with E-state index in [0.29, 0.717) is 23.4 Å². The summed E-state index contributed by atoms with van der Waals surface area (Å²) in [4.78, 5) is 17.4. The Morgan fingerprint density at radius 2 is 2.00 bits per heavy atom. The Bertz CT molecular complexity index is 604. The normalized spacial score (nSPS) is 24.9. The van der Waals surface area contributed by atoms with Crippen LogP contribution in [0.25, 0.3) is 0 Å². The van der Waals surface area contributed by atoms with Crippen molar-refractivity contribution < 1.29 is 9.53 Å². The van der Waals surface area contributed by atoms with Crippen LogP contribution in [0.4, 0.5) is 0 Å². The van der Waals surface area contributed by atoms with E-state index < -0.39 is 0 Å². The van der Waals surface area contributed by atoms with Crippen molar-refractivity contribution in [2.45, 2.75) is 31.3 Å². The zero-order valence-corrected chi connectivity index (χ0v) is 16.5. The molecule has 6 heteroatoms. The minimum absolute atomic E-state index is 0.0562. The third-order valence-corrected chi connectivity index (χ3v) is 5.80. The highest BCUT2D eigenvalue weighted by atomic mass is 35.5. The smallest absolute Gasteiger partial charge is 0.224 e. The van der Waals surface area contributed by atoms with Gasteiger partial charge in [-0.3, -0.25) is 9.69 Å². The molecule has 0 unspecified atom stereocenters. The molecule has 2 atom stereocenters. The fourth-order valence-electron chi connectivity index (χ4n) is 4.14. The fraction of sp³-hybridized carbons (Fsp3) is 0.650. The van der Waals surface area contributed by atoms with Crippen LogP contribution in [-0.4, -0.2) is 74.7 Å². The number of hydrogen-bond acceptors (Lipinski definition) is 4. The molecular formula is C20H30ClN3O2. The summed E-state index contributed by atoms with van der Waals surface area (Å²) in [6.07, 6.45) is 2.52. The molecule has 5 nitrogen and oxygen atoms in total. The second kappa shape index (κ2) is 9.18. The van der Waals surface area contributed by atoms with Crippen LogP contribution >= 0.6 is 11.6 Å². The minimum atomic E-state index is 0.0562. The van der Waals surface area contributed by atoms with Gasteiger partial charge in [0.15, 0.2) is 0 Å². The van der Waals surface area contributed by atoms with Crippen LogP contribution < -0.4 is 5.32 Å². The lowest BCUT2D eigenvalue weighted by Crippen LogP contribution is -2.44. The van der Waals surface area contributed by atoms with E-state index in [1.54, 1.807) is 0 Å². The number of ether oxygens (including phenoxy) is 1. The third kappa shape index (κ3) is 5.19. The number of rotatable bonds is 6. The van der Waals surface area contributed by atoms with Crippen LogP contribution in [0.3, 0.4) is 0 Å². The van der Waals surface area contributed by atoms with Crippen LogP contribution in [0.2, 0.25) is 5.02 Å². The standard InChI is InChI=1S/C20H30ClN3O2/c1-23(2)12-16-13-24(17-7-9-26-10-8-17)14-19(16)22-20(25)11-15-5-3-4-6-18(15)21/h3-6,16-17,19H,7-14H2,1-2H3,(H,22,25)/t16-,19-/m1/s1. The first-order valence-corrected chi connectivity index (χ1v) is 9.90. The summed E-state index contributed by atoms with van der Waals surface area (Å²) in [5.74, 6) is 0.503. The summed E-state index contributed by atoms with van der Waals surface area (Å²) in [6, 6.07) is 8.34. The van der Waals surface area contributed by atoms with Gasteiger partial charge >= 0.3 is 0 Å². The van der Waals surface area contributed by atoms with Crippen LogP contribution in [-0.2, 0) is 16.0 Å². The predicted molar refractivity (Wildman–Crippen MR) is 105 cm³/mol. The van der Waals surface area contributed by atoms with Crippen molar-refractivity contribution in [3.63, 3.8) is 0 Å². The molecule has 1 N–H and O–H groups in total. The highest BCUT2D eigenvalue weighted by Gasteiger charge is 2.37. The van der Waals surface area contributed by atoms with Crippen molar-refractivity contribution in [1.29, 1.82) is 0 Å². The zero-order valence-electron chi connectivity index (χ0n) is 15.8. The summed E-state index contributed by atoms with van der Waals surface area (Å²) >= 11 is 6.20. The molecular weight excluding hydrogens is 350 g/mol. The van der Waals surface area contributed by atoms with Gasteiger partial charge in [0.25, 0.3) is 0 Å². The summed E-state index contributed by atoms with van der Waals surface area (Å²) in [5.41, 5.74) is 0.884. The molecule has 2 aliphatic heterocycles. The minimum Gasteiger partial charge on any atom is -0.381 e. The van der Waals surface area contributed by atoms with Crippen LogP contribution in [0.5, 0.6) is 0 Å². The molecule has 144 valence electrons. The number of nitrogens with zero attached hydrogens (tertiary/aromatic N) is 2. The molecule has 2 heterocycles. The lowest BCUT2D eigenvalue weighted by Gasteiger charge is -2.31. The number of hydrogen-bond donors (Lipinski definition) is 1. The molecule has 0 saturated carbocycles. The molecule has 0 aliphatic carbocycles. The lowest BCUT2D eigenvalue weighted by atomic mass is 10.0. The molecule has 3 rings (SSSR count). The topological polar surface area (TPSA) is 44.8 Å². The van der Waals surface area contributed by atoms with Gasteiger partial charge in [-0.2, -0.15) is 0 Å². The number of benzene rings is 1. The van der Waals surface area contributed by atoms with E-state index >= 15 is 0 Å². The maximum absolute atomic E-state index is 12.6. The molecule has 26 heavy (non-hydrogen) atoms. The van der Waals surface area contributed by atoms with Crippen molar-refractivity contribution in [3.05, 3.63) is 34.9 Å². The average molecular weight is 380 g/mol. The van der Waals surface area contributed by atoms with Crippen molar-refractivity contribution in [2.24, 2.45) is 5.92 Å². The van der Waals surface area contributed by atoms with Gasteiger partial charge in [0.05, 0.1) is 6.42 Å². The quantitative estimate of drug-likeness (QED) is 0.821. The van der Waals surface area contributed by atoms with Crippen molar-refractivity contribution in [2.75, 3.05) is 46.9 Å². The Hall–Kier alpha value is -1.14. The van der Waals surface area contributed by atoms with Crippen molar-refractivity contribution in [3.8, 4) is 0 Å². The van der Waals surface area contributed by atoms with E-state index in [1.165, 1.54) is 0 Å². The van der Waals surface area contributed by atoms with Crippen molar-refractivity contribution in [1.82, 2.24) is 15.1 Å². The van der Waals surface area contributed by atoms with Gasteiger partial charge in [-0.25, -0.2) is 0 Å². The summed E-state index contributed by atoms with van der Waals surface area (Å²) in [6.45, 7) is 4.65. The maximum Gasteiger partial charge on any atom is 0.224 e. The lowest BCUT2D eigenvalue weighted by molar-refractivity contribution is -0.121. The number of carbonyl (C=O) groups excluding carboxylic acids is 1. The maximum atomic E-state index is 12.6. The monoisotopic (exact) mass is 379 g/mol. The van der Waals surface area contributed by atoms with E-state index in [4.69, 9.17) is 16.3 Å². The molecule has 0 radical (unpaired) electrons. The van der Waals surface area contributed by atoms with Crippen LogP contribution in [0.15, 0.2) is 24.3 Å². The summed E-state index contributed by atoms with van der Waals surface area (Å²) in [5, 5.41) is 3.94. The Morgan fingerprint density at radius 1 is 1.27 bits per heavy atom. The molecule has 2 fully saturated rings. The van der Waals surface area contributed by atoms with Gasteiger partial charge in [-0.1, -0.05) is 29.8 Å². The Kier molecular flexibility index (Phi) is 6.92. The molecule has 0 bridgehead atoms. The zero-order chi connectivity index (χ0) is 18.5. The first-order valence-electron chi connectivity index (χ1n) is 9.52.